The van der Waals surface area contributed by atoms with E-state index in [2.05, 4.69) is 0 Å². The minimum Gasteiger partial charge on any atom is -0.428 e. The van der Waals surface area contributed by atoms with Gasteiger partial charge in [-0.25, -0.2) is 13.2 Å². The maximum absolute atomic E-state index is 13.0. The summed E-state index contributed by atoms with van der Waals surface area (Å²) in [4.78, 5) is 28.2. The summed E-state index contributed by atoms with van der Waals surface area (Å²) in [5, 5.41) is 0. The Labute approximate surface area is 255 Å². The Morgan fingerprint density at radius 2 is 1.07 bits per heavy atom. The number of rotatable bonds is 8. The van der Waals surface area contributed by atoms with E-state index in [-0.39, 0.29) is 11.5 Å². The first-order chi connectivity index (χ1) is 19.8. The average molecular weight is 634 g/mol. The van der Waals surface area contributed by atoms with Gasteiger partial charge in [0.15, 0.2) is 0 Å². The van der Waals surface area contributed by atoms with Gasteiger partial charge >= 0.3 is 12.3 Å². The zero-order valence-corrected chi connectivity index (χ0v) is 27.5. The molecule has 0 N–H and O–H groups in total. The normalized spacial score (nSPS) is 12.7. The van der Waals surface area contributed by atoms with Crippen LogP contribution in [0.3, 0.4) is 0 Å². The Hall–Kier alpha value is -3.74. The first-order valence-corrected chi connectivity index (χ1v) is 16.7. The van der Waals surface area contributed by atoms with Gasteiger partial charge in [0, 0.05) is 34.5 Å². The molecule has 0 aliphatic rings. The van der Waals surface area contributed by atoms with Crippen molar-refractivity contribution in [1.29, 1.82) is 0 Å². The molecule has 0 aliphatic heterocycles. The van der Waals surface area contributed by atoms with Crippen LogP contribution in [0.2, 0.25) is 0 Å². The van der Waals surface area contributed by atoms with Gasteiger partial charge < -0.3 is 23.8 Å². The van der Waals surface area contributed by atoms with E-state index < -0.39 is 43.9 Å². The maximum Gasteiger partial charge on any atom is 0.514 e. The summed E-state index contributed by atoms with van der Waals surface area (Å²) in [6.45, 7) is 10.3. The van der Waals surface area contributed by atoms with Crippen LogP contribution in [0.5, 0.6) is 11.5 Å². The fraction of sp³-hybridized carbons (Fsp3) is 0.355. The van der Waals surface area contributed by atoms with Gasteiger partial charge in [0.05, 0.1) is 6.26 Å². The van der Waals surface area contributed by atoms with E-state index in [0.717, 1.165) is 11.9 Å². The van der Waals surface area contributed by atoms with Crippen LogP contribution in [0.15, 0.2) is 87.5 Å². The number of anilines is 1. The van der Waals surface area contributed by atoms with E-state index in [9.17, 15) is 18.0 Å². The number of nitrogens with zero attached hydrogens (tertiary/aromatic N) is 1. The van der Waals surface area contributed by atoms with Gasteiger partial charge in [-0.15, -0.1) is 0 Å². The van der Waals surface area contributed by atoms with Gasteiger partial charge in [0.1, 0.15) is 22.7 Å². The third kappa shape index (κ3) is 9.63. The Morgan fingerprint density at radius 3 is 1.42 bits per heavy atom. The lowest BCUT2D eigenvalue weighted by Crippen LogP contribution is -2.26. The molecule has 0 amide bonds. The Kier molecular flexibility index (Phi) is 10.1. The van der Waals surface area contributed by atoms with Crippen molar-refractivity contribution < 1.29 is 40.6 Å². The van der Waals surface area contributed by atoms with Crippen LogP contribution in [-0.4, -0.2) is 52.3 Å². The van der Waals surface area contributed by atoms with E-state index in [0.29, 0.717) is 14.7 Å². The van der Waals surface area contributed by atoms with E-state index >= 15 is 0 Å². The molecule has 0 bridgehead atoms. The van der Waals surface area contributed by atoms with Crippen molar-refractivity contribution in [3.8, 4) is 11.5 Å². The fourth-order valence-corrected chi connectivity index (χ4v) is 8.68. The summed E-state index contributed by atoms with van der Waals surface area (Å²) in [6.07, 6.45) is -0.875. The van der Waals surface area contributed by atoms with Crippen LogP contribution >= 0.6 is 10.3 Å². The number of hydrogen-bond donors (Lipinski definition) is 0. The monoisotopic (exact) mass is 633 g/mol. The van der Waals surface area contributed by atoms with E-state index in [1.54, 1.807) is 90.1 Å². The smallest absolute Gasteiger partial charge is 0.428 e. The van der Waals surface area contributed by atoms with Gasteiger partial charge in [-0.05, 0) is 113 Å². The Bertz CT molecular complexity index is 1480. The third-order valence-corrected chi connectivity index (χ3v) is 9.94. The summed E-state index contributed by atoms with van der Waals surface area (Å²) in [5.41, 5.74) is -0.696. The van der Waals surface area contributed by atoms with Gasteiger partial charge in [0.25, 0.3) is 10.1 Å². The van der Waals surface area contributed by atoms with E-state index in [1.807, 2.05) is 31.1 Å². The van der Waals surface area contributed by atoms with Gasteiger partial charge in [-0.1, -0.05) is 12.1 Å². The molecule has 3 aromatic rings. The second kappa shape index (κ2) is 12.9. The van der Waals surface area contributed by atoms with Crippen LogP contribution in [-0.2, 0) is 23.2 Å². The lowest BCUT2D eigenvalue weighted by molar-refractivity contribution is 0.0192. The molecule has 10 nitrogen and oxygen atoms in total. The summed E-state index contributed by atoms with van der Waals surface area (Å²) < 4.78 is 53.5. The third-order valence-electron chi connectivity index (χ3n) is 5.37. The van der Waals surface area contributed by atoms with Gasteiger partial charge in [0.2, 0.25) is 0 Å². The molecular weight excluding hydrogens is 594 g/mol. The molecule has 234 valence electrons. The highest BCUT2D eigenvalue weighted by Gasteiger charge is 2.37. The van der Waals surface area contributed by atoms with Crippen molar-refractivity contribution in [1.82, 2.24) is 0 Å². The van der Waals surface area contributed by atoms with Gasteiger partial charge in [-0.3, -0.25) is 0 Å². The predicted molar refractivity (Wildman–Crippen MR) is 166 cm³/mol. The molecule has 0 spiro atoms. The highest BCUT2D eigenvalue weighted by Crippen LogP contribution is 2.70. The SMILES string of the molecule is CN(C)c1ccc(S(OS(C)(=O)=O)(c2cccc(OC(=O)OC(C)(C)C)c2)c2cccc(OC(=O)OC(C)(C)C)c2)cc1. The second-order valence-corrected chi connectivity index (χ2v) is 16.3. The summed E-state index contributed by atoms with van der Waals surface area (Å²) in [7, 11) is -3.43. The first-order valence-electron chi connectivity index (χ1n) is 13.3. The molecule has 0 aromatic heterocycles. The zero-order chi connectivity index (χ0) is 32.2. The van der Waals surface area contributed by atoms with E-state index in [1.165, 1.54) is 12.1 Å². The van der Waals surface area contributed by atoms with Crippen molar-refractivity contribution in [2.45, 2.75) is 67.4 Å². The van der Waals surface area contributed by atoms with Crippen molar-refractivity contribution in [3.05, 3.63) is 72.8 Å². The highest BCUT2D eigenvalue weighted by atomic mass is 32.3. The predicted octanol–water partition coefficient (Wildman–Crippen LogP) is 7.55. The van der Waals surface area contributed by atoms with Crippen molar-refractivity contribution in [2.24, 2.45) is 0 Å². The molecule has 0 heterocycles. The molecule has 0 radical (unpaired) electrons. The topological polar surface area (TPSA) is 118 Å². The number of carbonyl (C=O) groups excluding carboxylic acids is 2. The first kappa shape index (κ1) is 33.8. The lowest BCUT2D eigenvalue weighted by atomic mass is 10.2. The Balaban J connectivity index is 2.26. The molecule has 12 heteroatoms. The maximum atomic E-state index is 13.0. The summed E-state index contributed by atoms with van der Waals surface area (Å²) >= 11 is 0. The molecule has 0 saturated carbocycles. The molecule has 0 aliphatic carbocycles. The zero-order valence-electron chi connectivity index (χ0n) is 25.9. The standard InChI is InChI=1S/C31H39NO9S2/c1-30(2,3)39-28(33)37-23-12-10-14-26(20-23)43(41-42(9,35)36,25-18-16-22(17-19-25)32(7)8)27-15-11-13-24(21-27)38-29(34)40-31(4,5)6/h10-21H,1-9H3. The molecule has 43 heavy (non-hydrogen) atoms. The minimum absolute atomic E-state index is 0.117. The van der Waals surface area contributed by atoms with Crippen LogP contribution in [0.4, 0.5) is 15.3 Å². The molecule has 0 unspecified atom stereocenters. The number of ether oxygens (including phenoxy) is 4. The molecular formula is C31H39NO9S2. The second-order valence-electron chi connectivity index (χ2n) is 11.8. The van der Waals surface area contributed by atoms with Crippen molar-refractivity contribution in [2.75, 3.05) is 25.3 Å². The lowest BCUT2D eigenvalue weighted by Gasteiger charge is -2.39. The van der Waals surface area contributed by atoms with Crippen LogP contribution < -0.4 is 14.4 Å². The van der Waals surface area contributed by atoms with Crippen LogP contribution in [0.1, 0.15) is 41.5 Å². The molecule has 3 aromatic carbocycles. The van der Waals surface area contributed by atoms with E-state index in [4.69, 9.17) is 22.6 Å². The quantitative estimate of drug-likeness (QED) is 0.182. The molecule has 0 atom stereocenters. The number of hydrogen-bond acceptors (Lipinski definition) is 10. The Morgan fingerprint density at radius 1 is 0.651 bits per heavy atom. The number of benzene rings is 3. The van der Waals surface area contributed by atoms with Crippen molar-refractivity contribution in [3.63, 3.8) is 0 Å². The average Bonchev–Trinajstić information content (AvgIpc) is 2.84. The fourth-order valence-electron chi connectivity index (χ4n) is 3.81. The van der Waals surface area contributed by atoms with Crippen molar-refractivity contribution >= 4 is 38.4 Å². The van der Waals surface area contributed by atoms with Gasteiger partial charge in [-0.2, -0.15) is 8.42 Å². The van der Waals surface area contributed by atoms with Crippen LogP contribution in [0.25, 0.3) is 0 Å². The largest absolute Gasteiger partial charge is 0.514 e. The molecule has 0 fully saturated rings. The molecule has 0 saturated heterocycles. The summed E-state index contributed by atoms with van der Waals surface area (Å²) in [6, 6.07) is 20.0. The number of carbonyl (C=O) groups is 2. The highest BCUT2D eigenvalue weighted by molar-refractivity contribution is 8.33. The molecule has 3 rings (SSSR count). The van der Waals surface area contributed by atoms with Crippen LogP contribution in [0, 0.1) is 0 Å². The minimum atomic E-state index is -4.11. The summed E-state index contributed by atoms with van der Waals surface area (Å²) in [5.74, 6) is 0.235.